The van der Waals surface area contributed by atoms with Gasteiger partial charge in [0.25, 0.3) is 0 Å². The highest BCUT2D eigenvalue weighted by Gasteiger charge is 2.18. The zero-order valence-electron chi connectivity index (χ0n) is 9.24. The van der Waals surface area contributed by atoms with Gasteiger partial charge in [-0.1, -0.05) is 19.1 Å². The average molecular weight is 205 g/mol. The lowest BCUT2D eigenvalue weighted by atomic mass is 9.87. The Balaban J connectivity index is 1.95. The Morgan fingerprint density at radius 1 is 1.13 bits per heavy atom. The van der Waals surface area contributed by atoms with Crippen LogP contribution < -0.4 is 5.32 Å². The largest absolute Gasteiger partial charge is 0.506 e. The number of rotatable bonds is 2. The molecular formula is C13H19NO. The lowest BCUT2D eigenvalue weighted by Gasteiger charge is -2.27. The molecule has 0 spiro atoms. The molecule has 0 unspecified atom stereocenters. The highest BCUT2D eigenvalue weighted by molar-refractivity contribution is 5.55. The van der Waals surface area contributed by atoms with Crippen molar-refractivity contribution < 1.29 is 5.11 Å². The molecule has 1 aromatic carbocycles. The monoisotopic (exact) mass is 205 g/mol. The maximum absolute atomic E-state index is 9.63. The van der Waals surface area contributed by atoms with Gasteiger partial charge in [-0.2, -0.15) is 0 Å². The Morgan fingerprint density at radius 2 is 1.80 bits per heavy atom. The van der Waals surface area contributed by atoms with Crippen molar-refractivity contribution in [2.45, 2.75) is 38.6 Å². The molecule has 15 heavy (non-hydrogen) atoms. The van der Waals surface area contributed by atoms with Gasteiger partial charge in [-0.25, -0.2) is 0 Å². The van der Waals surface area contributed by atoms with E-state index in [1.807, 2.05) is 18.2 Å². The molecule has 2 rings (SSSR count). The van der Waals surface area contributed by atoms with Gasteiger partial charge < -0.3 is 10.4 Å². The van der Waals surface area contributed by atoms with Gasteiger partial charge >= 0.3 is 0 Å². The van der Waals surface area contributed by atoms with Gasteiger partial charge in [0.1, 0.15) is 5.75 Å². The van der Waals surface area contributed by atoms with Crippen LogP contribution >= 0.6 is 0 Å². The van der Waals surface area contributed by atoms with Crippen molar-refractivity contribution in [2.24, 2.45) is 5.92 Å². The van der Waals surface area contributed by atoms with Gasteiger partial charge in [0, 0.05) is 6.04 Å². The summed E-state index contributed by atoms with van der Waals surface area (Å²) in [6, 6.07) is 8.01. The van der Waals surface area contributed by atoms with E-state index >= 15 is 0 Å². The van der Waals surface area contributed by atoms with E-state index in [0.29, 0.717) is 11.8 Å². The number of benzene rings is 1. The Bertz CT molecular complexity index is 316. The van der Waals surface area contributed by atoms with Gasteiger partial charge in [-0.05, 0) is 43.7 Å². The molecule has 0 saturated heterocycles. The first-order valence-electron chi connectivity index (χ1n) is 5.80. The third-order valence-corrected chi connectivity index (χ3v) is 3.28. The standard InChI is InChI=1S/C13H19NO/c1-10-6-8-11(9-7-10)14-12-4-2-3-5-13(12)15/h2-5,10-11,14-15H,6-9H2,1H3. The minimum Gasteiger partial charge on any atom is -0.506 e. The van der Waals surface area contributed by atoms with Crippen LogP contribution in [0.25, 0.3) is 0 Å². The molecule has 2 nitrogen and oxygen atoms in total. The summed E-state index contributed by atoms with van der Waals surface area (Å²) in [4.78, 5) is 0. The van der Waals surface area contributed by atoms with E-state index < -0.39 is 0 Å². The summed E-state index contributed by atoms with van der Waals surface area (Å²) < 4.78 is 0. The summed E-state index contributed by atoms with van der Waals surface area (Å²) in [5.41, 5.74) is 0.872. The van der Waals surface area contributed by atoms with E-state index in [1.54, 1.807) is 6.07 Å². The number of anilines is 1. The van der Waals surface area contributed by atoms with E-state index in [-0.39, 0.29) is 0 Å². The van der Waals surface area contributed by atoms with Gasteiger partial charge in [0.2, 0.25) is 0 Å². The Morgan fingerprint density at radius 3 is 2.47 bits per heavy atom. The number of aromatic hydroxyl groups is 1. The molecule has 1 aliphatic carbocycles. The summed E-state index contributed by atoms with van der Waals surface area (Å²) in [5.74, 6) is 1.23. The summed E-state index contributed by atoms with van der Waals surface area (Å²) in [5, 5.41) is 13.1. The highest BCUT2D eigenvalue weighted by atomic mass is 16.3. The number of hydrogen-bond donors (Lipinski definition) is 2. The SMILES string of the molecule is CC1CCC(Nc2ccccc2O)CC1. The van der Waals surface area contributed by atoms with Gasteiger partial charge in [0.15, 0.2) is 0 Å². The Kier molecular flexibility index (Phi) is 3.14. The molecule has 82 valence electrons. The lowest BCUT2D eigenvalue weighted by Crippen LogP contribution is -2.25. The van der Waals surface area contributed by atoms with Crippen LogP contribution in [-0.2, 0) is 0 Å². The van der Waals surface area contributed by atoms with E-state index in [1.165, 1.54) is 25.7 Å². The molecule has 2 heteroatoms. The molecule has 0 radical (unpaired) electrons. The molecular weight excluding hydrogens is 186 g/mol. The number of para-hydroxylation sites is 2. The van der Waals surface area contributed by atoms with Crippen molar-refractivity contribution in [1.29, 1.82) is 0 Å². The van der Waals surface area contributed by atoms with E-state index in [4.69, 9.17) is 0 Å². The average Bonchev–Trinajstić information content (AvgIpc) is 2.25. The minimum absolute atomic E-state index is 0.358. The number of nitrogens with one attached hydrogen (secondary N) is 1. The van der Waals surface area contributed by atoms with Crippen LogP contribution in [0.1, 0.15) is 32.6 Å². The molecule has 0 aromatic heterocycles. The fourth-order valence-corrected chi connectivity index (χ4v) is 2.22. The molecule has 2 N–H and O–H groups in total. The second-order valence-electron chi connectivity index (χ2n) is 4.62. The molecule has 1 fully saturated rings. The van der Waals surface area contributed by atoms with Crippen LogP contribution in [0.15, 0.2) is 24.3 Å². The Labute approximate surface area is 91.3 Å². The number of phenolic OH excluding ortho intramolecular Hbond substituents is 1. The fraction of sp³-hybridized carbons (Fsp3) is 0.538. The van der Waals surface area contributed by atoms with Crippen LogP contribution in [0.4, 0.5) is 5.69 Å². The molecule has 0 bridgehead atoms. The fourth-order valence-electron chi connectivity index (χ4n) is 2.22. The third-order valence-electron chi connectivity index (χ3n) is 3.28. The molecule has 0 atom stereocenters. The van der Waals surface area contributed by atoms with Crippen LogP contribution in [0.3, 0.4) is 0 Å². The van der Waals surface area contributed by atoms with Crippen molar-refractivity contribution >= 4 is 5.69 Å². The predicted molar refractivity (Wildman–Crippen MR) is 63.1 cm³/mol. The molecule has 0 amide bonds. The first-order valence-corrected chi connectivity index (χ1v) is 5.80. The molecule has 1 aromatic rings. The summed E-state index contributed by atoms with van der Waals surface area (Å²) in [6.45, 7) is 2.32. The van der Waals surface area contributed by atoms with E-state index in [0.717, 1.165) is 11.6 Å². The zero-order chi connectivity index (χ0) is 10.7. The van der Waals surface area contributed by atoms with Crippen molar-refractivity contribution in [2.75, 3.05) is 5.32 Å². The summed E-state index contributed by atoms with van der Waals surface area (Å²) in [7, 11) is 0. The molecule has 1 aliphatic rings. The van der Waals surface area contributed by atoms with Crippen LogP contribution in [-0.4, -0.2) is 11.1 Å². The lowest BCUT2D eigenvalue weighted by molar-refractivity contribution is 0.360. The smallest absolute Gasteiger partial charge is 0.138 e. The maximum Gasteiger partial charge on any atom is 0.138 e. The van der Waals surface area contributed by atoms with Gasteiger partial charge in [-0.15, -0.1) is 0 Å². The Hall–Kier alpha value is -1.18. The molecule has 0 aliphatic heterocycles. The molecule has 1 saturated carbocycles. The number of phenols is 1. The number of hydrogen-bond acceptors (Lipinski definition) is 2. The maximum atomic E-state index is 9.63. The van der Waals surface area contributed by atoms with E-state index in [9.17, 15) is 5.11 Å². The van der Waals surface area contributed by atoms with Gasteiger partial charge in [0.05, 0.1) is 5.69 Å². The third kappa shape index (κ3) is 2.65. The predicted octanol–water partition coefficient (Wildman–Crippen LogP) is 3.38. The zero-order valence-corrected chi connectivity index (χ0v) is 9.24. The van der Waals surface area contributed by atoms with Crippen molar-refractivity contribution in [3.8, 4) is 5.75 Å². The molecule has 0 heterocycles. The highest BCUT2D eigenvalue weighted by Crippen LogP contribution is 2.29. The summed E-state index contributed by atoms with van der Waals surface area (Å²) >= 11 is 0. The first kappa shape index (κ1) is 10.3. The second kappa shape index (κ2) is 4.56. The quantitative estimate of drug-likeness (QED) is 0.725. The van der Waals surface area contributed by atoms with Crippen LogP contribution in [0, 0.1) is 5.92 Å². The summed E-state index contributed by atoms with van der Waals surface area (Å²) in [6.07, 6.45) is 5.03. The topological polar surface area (TPSA) is 32.3 Å². The van der Waals surface area contributed by atoms with Crippen molar-refractivity contribution in [3.63, 3.8) is 0 Å². The van der Waals surface area contributed by atoms with Crippen LogP contribution in [0.2, 0.25) is 0 Å². The second-order valence-corrected chi connectivity index (χ2v) is 4.62. The van der Waals surface area contributed by atoms with Crippen LogP contribution in [0.5, 0.6) is 5.75 Å². The van der Waals surface area contributed by atoms with Crippen molar-refractivity contribution in [1.82, 2.24) is 0 Å². The normalized spacial score (nSPS) is 26.2. The van der Waals surface area contributed by atoms with Crippen molar-refractivity contribution in [3.05, 3.63) is 24.3 Å². The van der Waals surface area contributed by atoms with Gasteiger partial charge in [-0.3, -0.25) is 0 Å². The first-order chi connectivity index (χ1) is 7.25. The minimum atomic E-state index is 0.358. The van der Waals surface area contributed by atoms with E-state index in [2.05, 4.69) is 12.2 Å².